The first-order valence-electron chi connectivity index (χ1n) is 8.50. The molecule has 1 aliphatic heterocycles. The van der Waals surface area contributed by atoms with Crippen molar-refractivity contribution < 1.29 is 19.1 Å². The van der Waals surface area contributed by atoms with Crippen molar-refractivity contribution in [1.82, 2.24) is 0 Å². The topological polar surface area (TPSA) is 117 Å². The molecule has 1 aliphatic carbocycles. The SMILES string of the molecule is CC1(C)C2OCCCC2C1(N)C(=O)Nc1ccc(OCC(N)=O)cc1. The van der Waals surface area contributed by atoms with Gasteiger partial charge in [0.25, 0.3) is 5.91 Å². The van der Waals surface area contributed by atoms with Gasteiger partial charge in [0, 0.05) is 23.6 Å². The smallest absolute Gasteiger partial charge is 0.255 e. The summed E-state index contributed by atoms with van der Waals surface area (Å²) in [4.78, 5) is 23.6. The van der Waals surface area contributed by atoms with E-state index < -0.39 is 16.9 Å². The Balaban J connectivity index is 1.68. The van der Waals surface area contributed by atoms with Gasteiger partial charge in [-0.05, 0) is 37.1 Å². The van der Waals surface area contributed by atoms with Crippen LogP contribution in [0, 0.1) is 11.3 Å². The molecule has 2 amide bonds. The van der Waals surface area contributed by atoms with E-state index in [4.69, 9.17) is 20.9 Å². The Labute approximate surface area is 147 Å². The van der Waals surface area contributed by atoms with Gasteiger partial charge in [-0.3, -0.25) is 9.59 Å². The number of fused-ring (bicyclic) bond motifs is 1. The van der Waals surface area contributed by atoms with E-state index in [0.717, 1.165) is 19.4 Å². The van der Waals surface area contributed by atoms with Crippen LogP contribution in [0.3, 0.4) is 0 Å². The number of nitrogens with one attached hydrogen (secondary N) is 1. The predicted molar refractivity (Wildman–Crippen MR) is 92.9 cm³/mol. The highest BCUT2D eigenvalue weighted by atomic mass is 16.5. The highest BCUT2D eigenvalue weighted by Gasteiger charge is 2.70. The molecular formula is C18H25N3O4. The Hall–Kier alpha value is -2.12. The molecule has 25 heavy (non-hydrogen) atoms. The maximum atomic E-state index is 12.9. The summed E-state index contributed by atoms with van der Waals surface area (Å²) in [6.45, 7) is 4.52. The van der Waals surface area contributed by atoms with E-state index in [1.54, 1.807) is 24.3 Å². The average Bonchev–Trinajstić information content (AvgIpc) is 2.60. The minimum absolute atomic E-state index is 0.0292. The molecule has 3 rings (SSSR count). The van der Waals surface area contributed by atoms with E-state index in [0.29, 0.717) is 11.4 Å². The molecule has 0 bridgehead atoms. The Morgan fingerprint density at radius 1 is 1.32 bits per heavy atom. The number of benzene rings is 1. The van der Waals surface area contributed by atoms with Crippen LogP contribution in [-0.2, 0) is 14.3 Å². The zero-order valence-corrected chi connectivity index (χ0v) is 14.6. The minimum atomic E-state index is -0.959. The molecule has 3 unspecified atom stereocenters. The molecule has 7 heteroatoms. The van der Waals surface area contributed by atoms with Crippen LogP contribution in [-0.4, -0.2) is 36.7 Å². The lowest BCUT2D eigenvalue weighted by Crippen LogP contribution is -2.81. The van der Waals surface area contributed by atoms with E-state index >= 15 is 0 Å². The van der Waals surface area contributed by atoms with Gasteiger partial charge in [0.05, 0.1) is 6.10 Å². The molecule has 1 heterocycles. The van der Waals surface area contributed by atoms with Crippen molar-refractivity contribution in [1.29, 1.82) is 0 Å². The van der Waals surface area contributed by atoms with Crippen LogP contribution in [0.4, 0.5) is 5.69 Å². The summed E-state index contributed by atoms with van der Waals surface area (Å²) in [6, 6.07) is 6.75. The maximum absolute atomic E-state index is 12.9. The monoisotopic (exact) mass is 347 g/mol. The fraction of sp³-hybridized carbons (Fsp3) is 0.556. The highest BCUT2D eigenvalue weighted by molar-refractivity contribution is 6.00. The van der Waals surface area contributed by atoms with Crippen molar-refractivity contribution in [2.45, 2.75) is 38.3 Å². The molecule has 7 nitrogen and oxygen atoms in total. The van der Waals surface area contributed by atoms with Gasteiger partial charge in [0.1, 0.15) is 11.3 Å². The van der Waals surface area contributed by atoms with E-state index in [2.05, 4.69) is 5.32 Å². The summed E-state index contributed by atoms with van der Waals surface area (Å²) in [7, 11) is 0. The highest BCUT2D eigenvalue weighted by Crippen LogP contribution is 2.57. The molecule has 2 fully saturated rings. The normalized spacial score (nSPS) is 29.9. The quantitative estimate of drug-likeness (QED) is 0.735. The van der Waals surface area contributed by atoms with Crippen LogP contribution in [0.1, 0.15) is 26.7 Å². The Morgan fingerprint density at radius 3 is 2.64 bits per heavy atom. The fourth-order valence-corrected chi connectivity index (χ4v) is 4.06. The maximum Gasteiger partial charge on any atom is 0.255 e. The number of ether oxygens (including phenoxy) is 2. The second-order valence-electron chi connectivity index (χ2n) is 7.36. The molecule has 1 saturated carbocycles. The summed E-state index contributed by atoms with van der Waals surface area (Å²) in [5, 5.41) is 2.90. The summed E-state index contributed by atoms with van der Waals surface area (Å²) in [5.74, 6) is -0.202. The molecular weight excluding hydrogens is 322 g/mol. The lowest BCUT2D eigenvalue weighted by atomic mass is 9.46. The third-order valence-electron chi connectivity index (χ3n) is 5.55. The van der Waals surface area contributed by atoms with Crippen LogP contribution in [0.15, 0.2) is 24.3 Å². The largest absolute Gasteiger partial charge is 0.484 e. The Morgan fingerprint density at radius 2 is 2.00 bits per heavy atom. The van der Waals surface area contributed by atoms with Crippen LogP contribution < -0.4 is 21.5 Å². The number of primary amides is 1. The van der Waals surface area contributed by atoms with Crippen molar-refractivity contribution in [2.75, 3.05) is 18.5 Å². The van der Waals surface area contributed by atoms with Crippen molar-refractivity contribution in [3.63, 3.8) is 0 Å². The van der Waals surface area contributed by atoms with Crippen molar-refractivity contribution in [3.8, 4) is 5.75 Å². The molecule has 0 aromatic heterocycles. The molecule has 1 aromatic rings. The van der Waals surface area contributed by atoms with Gasteiger partial charge in [0.15, 0.2) is 6.61 Å². The number of carbonyl (C=O) groups excluding carboxylic acids is 2. The van der Waals surface area contributed by atoms with Crippen LogP contribution in [0.5, 0.6) is 5.75 Å². The van der Waals surface area contributed by atoms with Gasteiger partial charge < -0.3 is 26.3 Å². The first-order valence-corrected chi connectivity index (χ1v) is 8.50. The van der Waals surface area contributed by atoms with E-state index in [9.17, 15) is 9.59 Å². The zero-order chi connectivity index (χ0) is 18.2. The van der Waals surface area contributed by atoms with Gasteiger partial charge >= 0.3 is 0 Å². The van der Waals surface area contributed by atoms with E-state index in [-0.39, 0.29) is 24.5 Å². The molecule has 1 aromatic carbocycles. The van der Waals surface area contributed by atoms with E-state index in [1.807, 2.05) is 13.8 Å². The summed E-state index contributed by atoms with van der Waals surface area (Å²) in [5.41, 5.74) is 10.8. The minimum Gasteiger partial charge on any atom is -0.484 e. The molecule has 0 radical (unpaired) electrons. The summed E-state index contributed by atoms with van der Waals surface area (Å²) < 4.78 is 11.0. The van der Waals surface area contributed by atoms with Crippen LogP contribution >= 0.6 is 0 Å². The third-order valence-corrected chi connectivity index (χ3v) is 5.55. The van der Waals surface area contributed by atoms with Gasteiger partial charge in [-0.1, -0.05) is 13.8 Å². The number of anilines is 1. The average molecular weight is 347 g/mol. The van der Waals surface area contributed by atoms with Crippen molar-refractivity contribution in [2.24, 2.45) is 22.8 Å². The van der Waals surface area contributed by atoms with Gasteiger partial charge in [-0.15, -0.1) is 0 Å². The van der Waals surface area contributed by atoms with Gasteiger partial charge in [-0.2, -0.15) is 0 Å². The lowest BCUT2D eigenvalue weighted by molar-refractivity contribution is -0.222. The Kier molecular flexibility index (Phi) is 4.47. The summed E-state index contributed by atoms with van der Waals surface area (Å²) in [6.07, 6.45) is 1.86. The van der Waals surface area contributed by atoms with Gasteiger partial charge in [-0.25, -0.2) is 0 Å². The van der Waals surface area contributed by atoms with Crippen molar-refractivity contribution >= 4 is 17.5 Å². The number of hydrogen-bond acceptors (Lipinski definition) is 5. The summed E-state index contributed by atoms with van der Waals surface area (Å²) >= 11 is 0. The van der Waals surface area contributed by atoms with Gasteiger partial charge in [0.2, 0.25) is 5.91 Å². The molecule has 0 spiro atoms. The molecule has 2 aliphatic rings. The number of carbonyl (C=O) groups is 2. The zero-order valence-electron chi connectivity index (χ0n) is 14.6. The number of amides is 2. The third kappa shape index (κ3) is 2.87. The lowest BCUT2D eigenvalue weighted by Gasteiger charge is -2.65. The number of hydrogen-bond donors (Lipinski definition) is 3. The van der Waals surface area contributed by atoms with Crippen LogP contribution in [0.25, 0.3) is 0 Å². The molecule has 136 valence electrons. The van der Waals surface area contributed by atoms with Crippen molar-refractivity contribution in [3.05, 3.63) is 24.3 Å². The number of nitrogens with two attached hydrogens (primary N) is 2. The second kappa shape index (κ2) is 6.31. The fourth-order valence-electron chi connectivity index (χ4n) is 4.06. The molecule has 1 saturated heterocycles. The number of rotatable bonds is 5. The second-order valence-corrected chi connectivity index (χ2v) is 7.36. The molecule has 5 N–H and O–H groups in total. The Bertz CT molecular complexity index is 673. The van der Waals surface area contributed by atoms with Crippen LogP contribution in [0.2, 0.25) is 0 Å². The first kappa shape index (κ1) is 17.7. The standard InChI is InChI=1S/C18H25N3O4/c1-17(2)15-13(4-3-9-24-15)18(17,20)16(23)21-11-5-7-12(8-6-11)25-10-14(19)22/h5-8,13,15H,3-4,9-10,20H2,1-2H3,(H2,19,22)(H,21,23). The van der Waals surface area contributed by atoms with E-state index in [1.165, 1.54) is 0 Å². The molecule has 3 atom stereocenters. The predicted octanol–water partition coefficient (Wildman–Crippen LogP) is 1.02. The first-order chi connectivity index (χ1) is 11.8.